The number of nitrogens with one attached hydrogen (secondary N) is 1. The van der Waals surface area contributed by atoms with E-state index in [1.807, 2.05) is 26.0 Å². The van der Waals surface area contributed by atoms with Gasteiger partial charge in [0.1, 0.15) is 5.82 Å². The van der Waals surface area contributed by atoms with E-state index in [4.69, 9.17) is 5.26 Å². The Labute approximate surface area is 126 Å². The maximum absolute atomic E-state index is 13.9. The molecule has 0 aliphatic carbocycles. The molecule has 0 fully saturated rings. The predicted molar refractivity (Wildman–Crippen MR) is 82.0 cm³/mol. The Morgan fingerprint density at radius 2 is 2.00 bits per heavy atom. The van der Waals surface area contributed by atoms with Gasteiger partial charge < -0.3 is 5.32 Å². The van der Waals surface area contributed by atoms with Crippen LogP contribution >= 0.6 is 15.9 Å². The quantitative estimate of drug-likeness (QED) is 0.863. The van der Waals surface area contributed by atoms with Crippen LogP contribution in [0, 0.1) is 24.1 Å². The van der Waals surface area contributed by atoms with E-state index in [1.54, 1.807) is 18.2 Å². The summed E-state index contributed by atoms with van der Waals surface area (Å²) in [5.41, 5.74) is 3.05. The molecule has 2 rings (SSSR count). The third-order valence-corrected chi connectivity index (χ3v) is 3.66. The SMILES string of the molecule is Cc1ccc(C#N)cc1NC(C)c1ccc(Br)cc1F. The Morgan fingerprint density at radius 3 is 2.65 bits per heavy atom. The van der Waals surface area contributed by atoms with Crippen LogP contribution in [0.5, 0.6) is 0 Å². The first-order chi connectivity index (χ1) is 9.51. The highest BCUT2D eigenvalue weighted by molar-refractivity contribution is 9.10. The molecule has 2 aromatic rings. The van der Waals surface area contributed by atoms with Gasteiger partial charge in [0.25, 0.3) is 0 Å². The van der Waals surface area contributed by atoms with E-state index < -0.39 is 0 Å². The van der Waals surface area contributed by atoms with Gasteiger partial charge in [-0.05, 0) is 43.7 Å². The molecule has 0 spiro atoms. The zero-order chi connectivity index (χ0) is 14.7. The van der Waals surface area contributed by atoms with Crippen molar-refractivity contribution in [2.24, 2.45) is 0 Å². The normalized spacial score (nSPS) is 11.8. The van der Waals surface area contributed by atoms with Crippen molar-refractivity contribution in [3.63, 3.8) is 0 Å². The second-order valence-corrected chi connectivity index (χ2v) is 5.59. The lowest BCUT2D eigenvalue weighted by atomic mass is 10.1. The molecule has 102 valence electrons. The van der Waals surface area contributed by atoms with Gasteiger partial charge in [0.05, 0.1) is 17.7 Å². The fourth-order valence-corrected chi connectivity index (χ4v) is 2.34. The molecule has 2 nitrogen and oxygen atoms in total. The number of aryl methyl sites for hydroxylation is 1. The van der Waals surface area contributed by atoms with E-state index in [2.05, 4.69) is 27.3 Å². The van der Waals surface area contributed by atoms with Gasteiger partial charge in [-0.1, -0.05) is 28.1 Å². The average Bonchev–Trinajstić information content (AvgIpc) is 2.41. The van der Waals surface area contributed by atoms with Crippen LogP contribution in [-0.2, 0) is 0 Å². The van der Waals surface area contributed by atoms with Crippen LogP contribution in [0.15, 0.2) is 40.9 Å². The summed E-state index contributed by atoms with van der Waals surface area (Å²) in [5.74, 6) is -0.256. The molecule has 20 heavy (non-hydrogen) atoms. The maximum Gasteiger partial charge on any atom is 0.129 e. The fourth-order valence-electron chi connectivity index (χ4n) is 2.01. The van der Waals surface area contributed by atoms with Crippen LogP contribution in [0.3, 0.4) is 0 Å². The maximum atomic E-state index is 13.9. The lowest BCUT2D eigenvalue weighted by Crippen LogP contribution is -2.09. The molecule has 1 unspecified atom stereocenters. The number of halogens is 2. The van der Waals surface area contributed by atoms with E-state index in [0.717, 1.165) is 11.3 Å². The van der Waals surface area contributed by atoms with Crippen molar-refractivity contribution < 1.29 is 4.39 Å². The van der Waals surface area contributed by atoms with E-state index in [1.165, 1.54) is 6.07 Å². The molecule has 1 atom stereocenters. The van der Waals surface area contributed by atoms with Crippen molar-refractivity contribution in [2.75, 3.05) is 5.32 Å². The molecular weight excluding hydrogens is 319 g/mol. The number of benzene rings is 2. The lowest BCUT2D eigenvalue weighted by molar-refractivity contribution is 0.599. The summed E-state index contributed by atoms with van der Waals surface area (Å²) in [6.45, 7) is 3.85. The van der Waals surface area contributed by atoms with Crippen LogP contribution in [0.25, 0.3) is 0 Å². The van der Waals surface area contributed by atoms with E-state index in [-0.39, 0.29) is 11.9 Å². The van der Waals surface area contributed by atoms with Crippen molar-refractivity contribution in [1.82, 2.24) is 0 Å². The minimum atomic E-state index is -0.256. The van der Waals surface area contributed by atoms with Gasteiger partial charge in [-0.2, -0.15) is 5.26 Å². The molecule has 0 saturated carbocycles. The molecule has 2 aromatic carbocycles. The Kier molecular flexibility index (Phi) is 4.41. The van der Waals surface area contributed by atoms with Gasteiger partial charge in [-0.15, -0.1) is 0 Å². The summed E-state index contributed by atoms with van der Waals surface area (Å²) < 4.78 is 14.6. The van der Waals surface area contributed by atoms with Crippen molar-refractivity contribution in [1.29, 1.82) is 5.26 Å². The predicted octanol–water partition coefficient (Wildman–Crippen LogP) is 4.94. The average molecular weight is 333 g/mol. The molecule has 1 N–H and O–H groups in total. The largest absolute Gasteiger partial charge is 0.378 e. The third kappa shape index (κ3) is 3.17. The highest BCUT2D eigenvalue weighted by Gasteiger charge is 2.12. The minimum Gasteiger partial charge on any atom is -0.378 e. The number of hydrogen-bond donors (Lipinski definition) is 1. The van der Waals surface area contributed by atoms with Crippen LogP contribution < -0.4 is 5.32 Å². The molecule has 4 heteroatoms. The van der Waals surface area contributed by atoms with E-state index in [0.29, 0.717) is 15.6 Å². The number of nitrogens with zero attached hydrogens (tertiary/aromatic N) is 1. The minimum absolute atomic E-state index is 0.184. The first kappa shape index (κ1) is 14.5. The second kappa shape index (κ2) is 6.06. The van der Waals surface area contributed by atoms with Crippen molar-refractivity contribution in [3.05, 3.63) is 63.4 Å². The summed E-state index contributed by atoms with van der Waals surface area (Å²) in [6, 6.07) is 12.4. The fraction of sp³-hybridized carbons (Fsp3) is 0.188. The molecule has 0 aromatic heterocycles. The number of nitriles is 1. The number of hydrogen-bond acceptors (Lipinski definition) is 2. The van der Waals surface area contributed by atoms with Crippen molar-refractivity contribution in [3.8, 4) is 6.07 Å². The zero-order valence-electron chi connectivity index (χ0n) is 11.2. The monoisotopic (exact) mass is 332 g/mol. The molecule has 0 aliphatic rings. The standard InChI is InChI=1S/C16H14BrFN2/c1-10-3-4-12(9-19)7-16(10)20-11(2)14-6-5-13(17)8-15(14)18/h3-8,11,20H,1-2H3. The number of anilines is 1. The van der Waals surface area contributed by atoms with Crippen LogP contribution in [0.2, 0.25) is 0 Å². The first-order valence-corrected chi connectivity index (χ1v) is 7.03. The highest BCUT2D eigenvalue weighted by atomic mass is 79.9. The second-order valence-electron chi connectivity index (χ2n) is 4.67. The zero-order valence-corrected chi connectivity index (χ0v) is 12.8. The Morgan fingerprint density at radius 1 is 1.25 bits per heavy atom. The van der Waals surface area contributed by atoms with Crippen molar-refractivity contribution in [2.45, 2.75) is 19.9 Å². The van der Waals surface area contributed by atoms with Gasteiger partial charge in [0.15, 0.2) is 0 Å². The molecule has 0 radical (unpaired) electrons. The summed E-state index contributed by atoms with van der Waals surface area (Å²) in [7, 11) is 0. The van der Waals surface area contributed by atoms with Gasteiger partial charge in [0.2, 0.25) is 0 Å². The van der Waals surface area contributed by atoms with Crippen LogP contribution in [0.1, 0.15) is 29.7 Å². The topological polar surface area (TPSA) is 35.8 Å². The van der Waals surface area contributed by atoms with Crippen LogP contribution in [0.4, 0.5) is 10.1 Å². The summed E-state index contributed by atoms with van der Waals surface area (Å²) >= 11 is 3.25. The molecule has 0 amide bonds. The summed E-state index contributed by atoms with van der Waals surface area (Å²) in [6.07, 6.45) is 0. The van der Waals surface area contributed by atoms with Gasteiger partial charge in [-0.3, -0.25) is 0 Å². The Balaban J connectivity index is 2.27. The third-order valence-electron chi connectivity index (χ3n) is 3.17. The highest BCUT2D eigenvalue weighted by Crippen LogP contribution is 2.26. The first-order valence-electron chi connectivity index (χ1n) is 6.23. The van der Waals surface area contributed by atoms with Crippen molar-refractivity contribution >= 4 is 21.6 Å². The molecule has 0 aliphatic heterocycles. The van der Waals surface area contributed by atoms with Gasteiger partial charge in [-0.25, -0.2) is 4.39 Å². The molecule has 0 bridgehead atoms. The van der Waals surface area contributed by atoms with E-state index >= 15 is 0 Å². The smallest absolute Gasteiger partial charge is 0.129 e. The van der Waals surface area contributed by atoms with Gasteiger partial charge in [0, 0.05) is 15.7 Å². The Hall–Kier alpha value is -1.86. The van der Waals surface area contributed by atoms with Gasteiger partial charge >= 0.3 is 0 Å². The summed E-state index contributed by atoms with van der Waals surface area (Å²) in [5, 5.41) is 12.2. The number of rotatable bonds is 3. The summed E-state index contributed by atoms with van der Waals surface area (Å²) in [4.78, 5) is 0. The molecular formula is C16H14BrFN2. The van der Waals surface area contributed by atoms with E-state index in [9.17, 15) is 4.39 Å². The van der Waals surface area contributed by atoms with Crippen LogP contribution in [-0.4, -0.2) is 0 Å². The Bertz CT molecular complexity index is 677. The molecule has 0 heterocycles. The lowest BCUT2D eigenvalue weighted by Gasteiger charge is -2.18. The molecule has 0 saturated heterocycles.